The highest BCUT2D eigenvalue weighted by atomic mass is 16.2. The van der Waals surface area contributed by atoms with E-state index in [1.807, 2.05) is 61.5 Å². The van der Waals surface area contributed by atoms with Gasteiger partial charge in [-0.25, -0.2) is 0 Å². The summed E-state index contributed by atoms with van der Waals surface area (Å²) in [5, 5.41) is 0. The third kappa shape index (κ3) is 3.01. The molecule has 0 unspecified atom stereocenters. The van der Waals surface area contributed by atoms with Crippen LogP contribution in [0.5, 0.6) is 0 Å². The SMILES string of the molecule is CCN(C(=O)c1ccc(CN)cc1)c1ccccc1. The molecule has 3 nitrogen and oxygen atoms in total. The number of nitrogens with two attached hydrogens (primary N) is 1. The largest absolute Gasteiger partial charge is 0.326 e. The maximum Gasteiger partial charge on any atom is 0.258 e. The molecule has 2 aromatic carbocycles. The Morgan fingerprint density at radius 1 is 1.05 bits per heavy atom. The molecule has 3 heteroatoms. The van der Waals surface area contributed by atoms with Crippen molar-refractivity contribution in [1.82, 2.24) is 0 Å². The second kappa shape index (κ2) is 6.16. The van der Waals surface area contributed by atoms with Crippen LogP contribution in [-0.4, -0.2) is 12.5 Å². The Kier molecular flexibility index (Phi) is 4.31. The normalized spacial score (nSPS) is 10.2. The number of anilines is 1. The molecule has 0 aliphatic carbocycles. The average molecular weight is 254 g/mol. The van der Waals surface area contributed by atoms with Crippen LogP contribution in [0.25, 0.3) is 0 Å². The molecular weight excluding hydrogens is 236 g/mol. The zero-order valence-corrected chi connectivity index (χ0v) is 11.0. The smallest absolute Gasteiger partial charge is 0.258 e. The van der Waals surface area contributed by atoms with Gasteiger partial charge in [-0.15, -0.1) is 0 Å². The zero-order valence-electron chi connectivity index (χ0n) is 11.0. The Morgan fingerprint density at radius 3 is 2.21 bits per heavy atom. The monoisotopic (exact) mass is 254 g/mol. The summed E-state index contributed by atoms with van der Waals surface area (Å²) in [7, 11) is 0. The quantitative estimate of drug-likeness (QED) is 0.912. The highest BCUT2D eigenvalue weighted by Crippen LogP contribution is 2.16. The summed E-state index contributed by atoms with van der Waals surface area (Å²) < 4.78 is 0. The van der Waals surface area contributed by atoms with E-state index < -0.39 is 0 Å². The molecule has 0 fully saturated rings. The highest BCUT2D eigenvalue weighted by molar-refractivity contribution is 6.06. The van der Waals surface area contributed by atoms with Gasteiger partial charge in [-0.2, -0.15) is 0 Å². The number of benzene rings is 2. The number of hydrogen-bond donors (Lipinski definition) is 1. The van der Waals surface area contributed by atoms with E-state index in [1.54, 1.807) is 4.90 Å². The molecule has 0 saturated carbocycles. The van der Waals surface area contributed by atoms with Crippen LogP contribution < -0.4 is 10.6 Å². The van der Waals surface area contributed by atoms with Crippen LogP contribution >= 0.6 is 0 Å². The first-order chi connectivity index (χ1) is 9.26. The van der Waals surface area contributed by atoms with E-state index >= 15 is 0 Å². The van der Waals surface area contributed by atoms with Gasteiger partial charge in [-0.05, 0) is 36.8 Å². The van der Waals surface area contributed by atoms with Gasteiger partial charge >= 0.3 is 0 Å². The molecule has 0 heterocycles. The first-order valence-corrected chi connectivity index (χ1v) is 6.42. The molecule has 2 rings (SSSR count). The van der Waals surface area contributed by atoms with Gasteiger partial charge in [0.2, 0.25) is 0 Å². The second-order valence-corrected chi connectivity index (χ2v) is 4.29. The molecule has 19 heavy (non-hydrogen) atoms. The third-order valence-electron chi connectivity index (χ3n) is 3.07. The second-order valence-electron chi connectivity index (χ2n) is 4.29. The standard InChI is InChI=1S/C16H18N2O/c1-2-18(15-6-4-3-5-7-15)16(19)14-10-8-13(12-17)9-11-14/h3-11H,2,12,17H2,1H3. The van der Waals surface area contributed by atoms with Crippen molar-refractivity contribution in [3.05, 3.63) is 65.7 Å². The van der Waals surface area contributed by atoms with Gasteiger partial charge in [0.05, 0.1) is 0 Å². The lowest BCUT2D eigenvalue weighted by Crippen LogP contribution is -2.30. The fourth-order valence-corrected chi connectivity index (χ4v) is 1.99. The van der Waals surface area contributed by atoms with E-state index in [2.05, 4.69) is 0 Å². The van der Waals surface area contributed by atoms with Gasteiger partial charge in [0.15, 0.2) is 0 Å². The van der Waals surface area contributed by atoms with E-state index in [4.69, 9.17) is 5.73 Å². The molecule has 98 valence electrons. The lowest BCUT2D eigenvalue weighted by molar-refractivity contribution is 0.0988. The lowest BCUT2D eigenvalue weighted by atomic mass is 10.1. The summed E-state index contributed by atoms with van der Waals surface area (Å²) in [5.41, 5.74) is 8.18. The molecule has 2 N–H and O–H groups in total. The lowest BCUT2D eigenvalue weighted by Gasteiger charge is -2.21. The average Bonchev–Trinajstić information content (AvgIpc) is 2.49. The van der Waals surface area contributed by atoms with Gasteiger partial charge in [-0.1, -0.05) is 30.3 Å². The van der Waals surface area contributed by atoms with Crippen LogP contribution in [0.4, 0.5) is 5.69 Å². The molecule has 0 aliphatic heterocycles. The molecule has 0 atom stereocenters. The molecule has 1 amide bonds. The molecule has 2 aromatic rings. The van der Waals surface area contributed by atoms with Crippen LogP contribution in [0.15, 0.2) is 54.6 Å². The fraction of sp³-hybridized carbons (Fsp3) is 0.188. The number of carbonyl (C=O) groups excluding carboxylic acids is 1. The van der Waals surface area contributed by atoms with Crippen molar-refractivity contribution in [3.63, 3.8) is 0 Å². The minimum Gasteiger partial charge on any atom is -0.326 e. The molecular formula is C16H18N2O. The van der Waals surface area contributed by atoms with E-state index in [0.717, 1.165) is 11.3 Å². The molecule has 0 aliphatic rings. The van der Waals surface area contributed by atoms with Crippen LogP contribution in [0.1, 0.15) is 22.8 Å². The van der Waals surface area contributed by atoms with Crippen molar-refractivity contribution in [2.75, 3.05) is 11.4 Å². The minimum absolute atomic E-state index is 0.0114. The van der Waals surface area contributed by atoms with Crippen LogP contribution in [0, 0.1) is 0 Å². The number of amides is 1. The zero-order chi connectivity index (χ0) is 13.7. The van der Waals surface area contributed by atoms with Crippen LogP contribution in [0.3, 0.4) is 0 Å². The number of para-hydroxylation sites is 1. The summed E-state index contributed by atoms with van der Waals surface area (Å²) >= 11 is 0. The van der Waals surface area contributed by atoms with Crippen molar-refractivity contribution in [1.29, 1.82) is 0 Å². The summed E-state index contributed by atoms with van der Waals surface area (Å²) in [6.45, 7) is 3.10. The maximum absolute atomic E-state index is 12.5. The van der Waals surface area contributed by atoms with Crippen molar-refractivity contribution >= 4 is 11.6 Å². The third-order valence-corrected chi connectivity index (χ3v) is 3.07. The van der Waals surface area contributed by atoms with E-state index in [0.29, 0.717) is 18.7 Å². The maximum atomic E-state index is 12.5. The summed E-state index contributed by atoms with van der Waals surface area (Å²) in [6.07, 6.45) is 0. The van der Waals surface area contributed by atoms with Crippen LogP contribution in [0.2, 0.25) is 0 Å². The Labute approximate surface area is 113 Å². The minimum atomic E-state index is 0.0114. The predicted octanol–water partition coefficient (Wildman–Crippen LogP) is 2.81. The first-order valence-electron chi connectivity index (χ1n) is 6.42. The Balaban J connectivity index is 2.25. The number of rotatable bonds is 4. The Morgan fingerprint density at radius 2 is 1.68 bits per heavy atom. The Hall–Kier alpha value is -2.13. The molecule has 0 aromatic heterocycles. The van der Waals surface area contributed by atoms with Gasteiger partial charge in [0.25, 0.3) is 5.91 Å². The topological polar surface area (TPSA) is 46.3 Å². The summed E-state index contributed by atoms with van der Waals surface area (Å²) in [6, 6.07) is 17.1. The summed E-state index contributed by atoms with van der Waals surface area (Å²) in [5.74, 6) is 0.0114. The van der Waals surface area contributed by atoms with Crippen LogP contribution in [-0.2, 0) is 6.54 Å². The molecule has 0 bridgehead atoms. The first kappa shape index (κ1) is 13.3. The highest BCUT2D eigenvalue weighted by Gasteiger charge is 2.15. The molecule has 0 radical (unpaired) electrons. The van der Waals surface area contributed by atoms with Crippen molar-refractivity contribution in [2.45, 2.75) is 13.5 Å². The van der Waals surface area contributed by atoms with Crippen molar-refractivity contribution < 1.29 is 4.79 Å². The number of carbonyl (C=O) groups is 1. The van der Waals surface area contributed by atoms with E-state index in [-0.39, 0.29) is 5.91 Å². The Bertz CT molecular complexity index is 534. The molecule has 0 saturated heterocycles. The molecule has 0 spiro atoms. The number of nitrogens with zero attached hydrogens (tertiary/aromatic N) is 1. The van der Waals surface area contributed by atoms with E-state index in [1.165, 1.54) is 0 Å². The number of hydrogen-bond acceptors (Lipinski definition) is 2. The van der Waals surface area contributed by atoms with Gasteiger partial charge < -0.3 is 10.6 Å². The van der Waals surface area contributed by atoms with Gasteiger partial charge in [0.1, 0.15) is 0 Å². The van der Waals surface area contributed by atoms with Gasteiger partial charge in [0, 0.05) is 24.3 Å². The fourth-order valence-electron chi connectivity index (χ4n) is 1.99. The van der Waals surface area contributed by atoms with Crippen molar-refractivity contribution in [3.8, 4) is 0 Å². The van der Waals surface area contributed by atoms with E-state index in [9.17, 15) is 4.79 Å². The summed E-state index contributed by atoms with van der Waals surface area (Å²) in [4.78, 5) is 14.2. The van der Waals surface area contributed by atoms with Crippen molar-refractivity contribution in [2.24, 2.45) is 5.73 Å². The predicted molar refractivity (Wildman–Crippen MR) is 78.1 cm³/mol. The van der Waals surface area contributed by atoms with Gasteiger partial charge in [-0.3, -0.25) is 4.79 Å².